The number of aromatic nitrogens is 4. The molecule has 0 spiro atoms. The molecule has 2 heterocycles. The van der Waals surface area contributed by atoms with Gasteiger partial charge in [0.25, 0.3) is 0 Å². The van der Waals surface area contributed by atoms with Crippen molar-refractivity contribution in [3.63, 3.8) is 0 Å². The molecule has 0 aliphatic heterocycles. The lowest BCUT2D eigenvalue weighted by atomic mass is 10.2. The van der Waals surface area contributed by atoms with Crippen molar-refractivity contribution in [2.24, 2.45) is 0 Å². The highest BCUT2D eigenvalue weighted by atomic mass is 15.4. The van der Waals surface area contributed by atoms with E-state index >= 15 is 0 Å². The van der Waals surface area contributed by atoms with Crippen LogP contribution in [-0.2, 0) is 39.0 Å². The standard InChI is InChI=1S/C26H39N5/c1-5-12-22-18-25(14-7-3)30(27-22)20-29(24-16-10-9-11-17-24)21-31-26(15-8-4)19-23(28-31)13-6-2/h9-11,16-19H,5-8,12-15,20-21H2,1-4H3. The van der Waals surface area contributed by atoms with Gasteiger partial charge in [-0.2, -0.15) is 10.2 Å². The summed E-state index contributed by atoms with van der Waals surface area (Å²) in [5.41, 5.74) is 6.26. The number of aryl methyl sites for hydroxylation is 4. The van der Waals surface area contributed by atoms with Crippen molar-refractivity contribution in [1.29, 1.82) is 0 Å². The van der Waals surface area contributed by atoms with Crippen LogP contribution in [0.2, 0.25) is 0 Å². The van der Waals surface area contributed by atoms with Gasteiger partial charge in [0.1, 0.15) is 13.3 Å². The number of hydrogen-bond acceptors (Lipinski definition) is 3. The molecule has 0 aliphatic rings. The molecule has 1 aromatic carbocycles. The minimum atomic E-state index is 0.734. The molecule has 0 aliphatic carbocycles. The topological polar surface area (TPSA) is 38.9 Å². The van der Waals surface area contributed by atoms with Crippen LogP contribution < -0.4 is 4.90 Å². The van der Waals surface area contributed by atoms with E-state index in [-0.39, 0.29) is 0 Å². The molecule has 31 heavy (non-hydrogen) atoms. The van der Waals surface area contributed by atoms with Crippen LogP contribution in [0.25, 0.3) is 0 Å². The van der Waals surface area contributed by atoms with E-state index in [2.05, 4.69) is 84.4 Å². The molecule has 0 saturated carbocycles. The molecule has 3 aromatic rings. The van der Waals surface area contributed by atoms with Crippen molar-refractivity contribution in [3.8, 4) is 0 Å². The van der Waals surface area contributed by atoms with Crippen LogP contribution in [0, 0.1) is 0 Å². The number of benzene rings is 1. The average Bonchev–Trinajstić information content (AvgIpc) is 3.32. The van der Waals surface area contributed by atoms with E-state index in [1.165, 1.54) is 28.5 Å². The molecule has 0 atom stereocenters. The fraction of sp³-hybridized carbons (Fsp3) is 0.538. The first kappa shape index (κ1) is 23.1. The number of hydrogen-bond donors (Lipinski definition) is 0. The average molecular weight is 422 g/mol. The molecule has 2 aromatic heterocycles. The Hall–Kier alpha value is -2.56. The first-order chi connectivity index (χ1) is 15.2. The lowest BCUT2D eigenvalue weighted by Crippen LogP contribution is -2.31. The van der Waals surface area contributed by atoms with Crippen molar-refractivity contribution in [3.05, 3.63) is 65.2 Å². The van der Waals surface area contributed by atoms with Gasteiger partial charge >= 0.3 is 0 Å². The van der Waals surface area contributed by atoms with Gasteiger partial charge in [0.05, 0.1) is 11.4 Å². The van der Waals surface area contributed by atoms with Gasteiger partial charge in [-0.15, -0.1) is 0 Å². The summed E-state index contributed by atoms with van der Waals surface area (Å²) in [5, 5.41) is 9.93. The fourth-order valence-electron chi connectivity index (χ4n) is 4.12. The second kappa shape index (κ2) is 11.7. The highest BCUT2D eigenvalue weighted by Crippen LogP contribution is 2.19. The maximum Gasteiger partial charge on any atom is 0.114 e. The SMILES string of the molecule is CCCc1cc(CCC)n(CN(Cn2nc(CCC)cc2CCC)c2ccccc2)n1. The Kier molecular flexibility index (Phi) is 8.74. The van der Waals surface area contributed by atoms with Crippen LogP contribution in [0.3, 0.4) is 0 Å². The van der Waals surface area contributed by atoms with Gasteiger partial charge < -0.3 is 4.90 Å². The molecule has 0 bridgehead atoms. The third-order valence-electron chi connectivity index (χ3n) is 5.58. The second-order valence-electron chi connectivity index (χ2n) is 8.41. The zero-order valence-electron chi connectivity index (χ0n) is 19.8. The van der Waals surface area contributed by atoms with Crippen LogP contribution in [0.15, 0.2) is 42.5 Å². The summed E-state index contributed by atoms with van der Waals surface area (Å²) < 4.78 is 4.41. The quantitative estimate of drug-likeness (QED) is 0.339. The Morgan fingerprint density at radius 1 is 0.645 bits per heavy atom. The Labute approximate surface area is 188 Å². The third kappa shape index (κ3) is 6.22. The monoisotopic (exact) mass is 421 g/mol. The summed E-state index contributed by atoms with van der Waals surface area (Å²) in [6.07, 6.45) is 8.69. The molecule has 5 nitrogen and oxygen atoms in total. The summed E-state index contributed by atoms with van der Waals surface area (Å²) in [6, 6.07) is 15.3. The van der Waals surface area contributed by atoms with Gasteiger partial charge in [0.2, 0.25) is 0 Å². The molecule has 5 heteroatoms. The summed E-state index contributed by atoms with van der Waals surface area (Å²) in [5.74, 6) is 0. The maximum atomic E-state index is 4.96. The highest BCUT2D eigenvalue weighted by Gasteiger charge is 2.15. The van der Waals surface area contributed by atoms with Crippen molar-refractivity contribution in [2.45, 2.75) is 92.4 Å². The van der Waals surface area contributed by atoms with Gasteiger partial charge in [-0.25, -0.2) is 9.36 Å². The van der Waals surface area contributed by atoms with E-state index in [1.54, 1.807) is 0 Å². The van der Waals surface area contributed by atoms with Gasteiger partial charge in [-0.3, -0.25) is 0 Å². The molecule has 0 amide bonds. The van der Waals surface area contributed by atoms with Crippen molar-refractivity contribution < 1.29 is 0 Å². The third-order valence-corrected chi connectivity index (χ3v) is 5.58. The van der Waals surface area contributed by atoms with Crippen molar-refractivity contribution in [2.75, 3.05) is 4.90 Å². The van der Waals surface area contributed by atoms with Crippen LogP contribution in [-0.4, -0.2) is 19.6 Å². The second-order valence-corrected chi connectivity index (χ2v) is 8.41. The Morgan fingerprint density at radius 3 is 1.52 bits per heavy atom. The van der Waals surface area contributed by atoms with E-state index in [0.29, 0.717) is 0 Å². The minimum absolute atomic E-state index is 0.734. The zero-order valence-corrected chi connectivity index (χ0v) is 19.8. The highest BCUT2D eigenvalue weighted by molar-refractivity contribution is 5.44. The van der Waals surface area contributed by atoms with E-state index < -0.39 is 0 Å². The number of anilines is 1. The Morgan fingerprint density at radius 2 is 1.10 bits per heavy atom. The predicted molar refractivity (Wildman–Crippen MR) is 129 cm³/mol. The Balaban J connectivity index is 1.92. The van der Waals surface area contributed by atoms with E-state index in [1.807, 2.05) is 0 Å². The Bertz CT molecular complexity index is 853. The number of para-hydroxylation sites is 1. The molecule has 168 valence electrons. The van der Waals surface area contributed by atoms with E-state index in [0.717, 1.165) is 64.7 Å². The fourth-order valence-corrected chi connectivity index (χ4v) is 4.12. The number of rotatable bonds is 13. The smallest absolute Gasteiger partial charge is 0.114 e. The lowest BCUT2D eigenvalue weighted by molar-refractivity contribution is 0.472. The molecular weight excluding hydrogens is 382 g/mol. The maximum absolute atomic E-state index is 4.96. The largest absolute Gasteiger partial charge is 0.332 e. The summed E-state index contributed by atoms with van der Waals surface area (Å²) >= 11 is 0. The van der Waals surface area contributed by atoms with Gasteiger partial charge in [0, 0.05) is 17.1 Å². The first-order valence-electron chi connectivity index (χ1n) is 12.1. The summed E-state index contributed by atoms with van der Waals surface area (Å²) in [4.78, 5) is 2.39. The zero-order chi connectivity index (χ0) is 22.1. The molecule has 0 radical (unpaired) electrons. The van der Waals surface area contributed by atoms with Gasteiger partial charge in [0.15, 0.2) is 0 Å². The molecule has 0 fully saturated rings. The minimum Gasteiger partial charge on any atom is -0.332 e. The molecule has 0 unspecified atom stereocenters. The summed E-state index contributed by atoms with van der Waals surface area (Å²) in [6.45, 7) is 10.4. The molecular formula is C26H39N5. The van der Waals surface area contributed by atoms with Gasteiger partial charge in [-0.1, -0.05) is 71.6 Å². The van der Waals surface area contributed by atoms with Crippen LogP contribution >= 0.6 is 0 Å². The first-order valence-corrected chi connectivity index (χ1v) is 12.1. The van der Waals surface area contributed by atoms with Crippen molar-refractivity contribution in [1.82, 2.24) is 19.6 Å². The van der Waals surface area contributed by atoms with Crippen LogP contribution in [0.4, 0.5) is 5.69 Å². The van der Waals surface area contributed by atoms with Gasteiger partial charge in [-0.05, 0) is 49.9 Å². The number of nitrogens with zero attached hydrogens (tertiary/aromatic N) is 5. The molecule has 0 saturated heterocycles. The van der Waals surface area contributed by atoms with Crippen LogP contribution in [0.1, 0.15) is 76.2 Å². The molecule has 0 N–H and O–H groups in total. The predicted octanol–water partition coefficient (Wildman–Crippen LogP) is 6.01. The summed E-state index contributed by atoms with van der Waals surface area (Å²) in [7, 11) is 0. The van der Waals surface area contributed by atoms with E-state index in [9.17, 15) is 0 Å². The lowest BCUT2D eigenvalue weighted by Gasteiger charge is -2.26. The van der Waals surface area contributed by atoms with Crippen LogP contribution in [0.5, 0.6) is 0 Å². The normalized spacial score (nSPS) is 11.2. The van der Waals surface area contributed by atoms with Crippen molar-refractivity contribution >= 4 is 5.69 Å². The van der Waals surface area contributed by atoms with E-state index in [4.69, 9.17) is 10.2 Å². The molecule has 3 rings (SSSR count).